The lowest BCUT2D eigenvalue weighted by Crippen LogP contribution is -2.65. The van der Waals surface area contributed by atoms with Crippen LogP contribution in [0.5, 0.6) is 0 Å². The van der Waals surface area contributed by atoms with Gasteiger partial charge in [0, 0.05) is 7.11 Å². The Hall–Kier alpha value is 0.137. The van der Waals surface area contributed by atoms with Gasteiger partial charge in [-0.05, 0) is 30.0 Å². The smallest absolute Gasteiger partial charge is 0.271 e. The zero-order chi connectivity index (χ0) is 10.1. The van der Waals surface area contributed by atoms with Gasteiger partial charge in [-0.3, -0.25) is 0 Å². The van der Waals surface area contributed by atoms with Crippen molar-refractivity contribution in [3.05, 3.63) is 0 Å². The minimum absolute atomic E-state index is 0.405. The topological polar surface area (TPSA) is 21.3 Å². The Morgan fingerprint density at radius 2 is 2.08 bits per heavy atom. The van der Waals surface area contributed by atoms with Gasteiger partial charge < -0.3 is 9.41 Å². The third-order valence-electron chi connectivity index (χ3n) is 3.25. The van der Waals surface area contributed by atoms with E-state index in [-0.39, 0.29) is 0 Å². The van der Waals surface area contributed by atoms with E-state index in [1.54, 1.807) is 0 Å². The molecule has 0 spiro atoms. The molecule has 2 atom stereocenters. The van der Waals surface area contributed by atoms with E-state index in [0.29, 0.717) is 5.41 Å². The summed E-state index contributed by atoms with van der Waals surface area (Å²) in [7, 11) is 0.350. The number of hydrogen-bond acceptors (Lipinski definition) is 2. The molecule has 0 saturated carbocycles. The third-order valence-corrected chi connectivity index (χ3v) is 8.25. The molecule has 0 aromatic rings. The quantitative estimate of drug-likeness (QED) is 0.708. The van der Waals surface area contributed by atoms with Crippen LogP contribution in [-0.2, 0) is 4.43 Å². The Morgan fingerprint density at radius 3 is 2.31 bits per heavy atom. The van der Waals surface area contributed by atoms with E-state index < -0.39 is 8.48 Å². The largest absolute Gasteiger partial charge is 0.406 e. The molecule has 1 saturated heterocycles. The van der Waals surface area contributed by atoms with Gasteiger partial charge in [0.2, 0.25) is 0 Å². The fraction of sp³-hybridized carbons (Fsp3) is 1.00. The van der Waals surface area contributed by atoms with Crippen molar-refractivity contribution in [1.29, 1.82) is 0 Å². The van der Waals surface area contributed by atoms with E-state index in [1.165, 1.54) is 12.5 Å². The molecule has 2 nitrogen and oxygen atoms in total. The van der Waals surface area contributed by atoms with Crippen molar-refractivity contribution in [3.63, 3.8) is 0 Å². The van der Waals surface area contributed by atoms with E-state index >= 15 is 0 Å². The van der Waals surface area contributed by atoms with E-state index in [2.05, 4.69) is 32.7 Å². The normalized spacial score (nSPS) is 34.4. The van der Waals surface area contributed by atoms with E-state index in [1.807, 2.05) is 7.11 Å². The molecule has 1 aliphatic rings. The second-order valence-corrected chi connectivity index (χ2v) is 8.82. The highest BCUT2D eigenvalue weighted by molar-refractivity contribution is 6.75. The standard InChI is InChI=1S/C10H23NOSi/c1-6-11-13(12-5)8-7-9(13)10(2,3)4/h9,11H,6-8H2,1-5H3. The fourth-order valence-corrected chi connectivity index (χ4v) is 6.67. The summed E-state index contributed by atoms with van der Waals surface area (Å²) in [6.07, 6.45) is 1.34. The van der Waals surface area contributed by atoms with Crippen molar-refractivity contribution in [2.24, 2.45) is 5.41 Å². The lowest BCUT2D eigenvalue weighted by Gasteiger charge is -2.52. The van der Waals surface area contributed by atoms with Gasteiger partial charge in [-0.15, -0.1) is 0 Å². The van der Waals surface area contributed by atoms with Crippen LogP contribution in [0.4, 0.5) is 0 Å². The maximum Gasteiger partial charge on any atom is 0.271 e. The highest BCUT2D eigenvalue weighted by Crippen LogP contribution is 2.52. The molecule has 1 rings (SSSR count). The monoisotopic (exact) mass is 201 g/mol. The summed E-state index contributed by atoms with van der Waals surface area (Å²) in [6.45, 7) is 10.2. The molecule has 0 radical (unpaired) electrons. The molecule has 1 heterocycles. The summed E-state index contributed by atoms with van der Waals surface area (Å²) in [5, 5.41) is 0. The summed E-state index contributed by atoms with van der Waals surface area (Å²) >= 11 is 0. The van der Waals surface area contributed by atoms with Crippen LogP contribution in [0.1, 0.15) is 34.1 Å². The number of nitrogens with one attached hydrogen (secondary N) is 1. The van der Waals surface area contributed by atoms with Gasteiger partial charge in [-0.1, -0.05) is 27.7 Å². The average Bonchev–Trinajstić information content (AvgIpc) is 1.94. The van der Waals surface area contributed by atoms with Crippen molar-refractivity contribution in [2.75, 3.05) is 13.7 Å². The molecule has 0 aliphatic carbocycles. The van der Waals surface area contributed by atoms with Gasteiger partial charge in [0.15, 0.2) is 0 Å². The molecule has 0 aromatic carbocycles. The Balaban J connectivity index is 2.68. The first-order chi connectivity index (χ1) is 5.96. The summed E-state index contributed by atoms with van der Waals surface area (Å²) in [4.78, 5) is 3.62. The van der Waals surface area contributed by atoms with Crippen LogP contribution in [0, 0.1) is 5.41 Å². The van der Waals surface area contributed by atoms with Crippen LogP contribution < -0.4 is 4.98 Å². The molecular weight excluding hydrogens is 178 g/mol. The summed E-state index contributed by atoms with van der Waals surface area (Å²) in [5.74, 6) is 0. The molecule has 3 heteroatoms. The summed E-state index contributed by atoms with van der Waals surface area (Å²) in [5.41, 5.74) is 1.19. The van der Waals surface area contributed by atoms with Gasteiger partial charge in [0.25, 0.3) is 8.48 Å². The minimum atomic E-state index is -1.53. The zero-order valence-electron chi connectivity index (χ0n) is 9.61. The Morgan fingerprint density at radius 1 is 1.46 bits per heavy atom. The Bertz CT molecular complexity index is 174. The summed E-state index contributed by atoms with van der Waals surface area (Å²) in [6, 6.07) is 1.29. The van der Waals surface area contributed by atoms with Crippen LogP contribution in [0.15, 0.2) is 0 Å². The molecule has 13 heavy (non-hydrogen) atoms. The molecule has 78 valence electrons. The molecule has 1 N–H and O–H groups in total. The van der Waals surface area contributed by atoms with Gasteiger partial charge >= 0.3 is 0 Å². The molecule has 1 fully saturated rings. The van der Waals surface area contributed by atoms with E-state index in [4.69, 9.17) is 4.43 Å². The average molecular weight is 201 g/mol. The first kappa shape index (κ1) is 11.2. The van der Waals surface area contributed by atoms with Crippen molar-refractivity contribution < 1.29 is 4.43 Å². The fourth-order valence-electron chi connectivity index (χ4n) is 2.51. The van der Waals surface area contributed by atoms with Crippen LogP contribution in [-0.4, -0.2) is 22.1 Å². The highest BCUT2D eigenvalue weighted by atomic mass is 28.4. The summed E-state index contributed by atoms with van der Waals surface area (Å²) < 4.78 is 5.78. The molecule has 0 amide bonds. The van der Waals surface area contributed by atoms with Crippen LogP contribution in [0.2, 0.25) is 11.6 Å². The third kappa shape index (κ3) is 1.97. The Kier molecular flexibility index (Phi) is 3.20. The highest BCUT2D eigenvalue weighted by Gasteiger charge is 2.55. The van der Waals surface area contributed by atoms with Gasteiger partial charge in [-0.2, -0.15) is 0 Å². The Labute approximate surface area is 83.3 Å². The predicted octanol–water partition coefficient (Wildman–Crippen LogP) is 2.50. The van der Waals surface area contributed by atoms with Crippen molar-refractivity contribution in [3.8, 4) is 0 Å². The second kappa shape index (κ2) is 3.71. The second-order valence-electron chi connectivity index (χ2n) is 5.08. The molecular formula is C10H23NOSi. The maximum absolute atomic E-state index is 5.78. The van der Waals surface area contributed by atoms with Crippen LogP contribution in [0.25, 0.3) is 0 Å². The molecule has 0 aromatic heterocycles. The van der Waals surface area contributed by atoms with Crippen LogP contribution in [0.3, 0.4) is 0 Å². The molecule has 1 aliphatic heterocycles. The van der Waals surface area contributed by atoms with Gasteiger partial charge in [0.05, 0.1) is 0 Å². The lowest BCUT2D eigenvalue weighted by molar-refractivity contribution is 0.249. The first-order valence-electron chi connectivity index (χ1n) is 5.26. The zero-order valence-corrected chi connectivity index (χ0v) is 10.6. The molecule has 2 unspecified atom stereocenters. The van der Waals surface area contributed by atoms with Crippen LogP contribution >= 0.6 is 0 Å². The number of hydrogen-bond donors (Lipinski definition) is 1. The van der Waals surface area contributed by atoms with Crippen molar-refractivity contribution in [2.45, 2.75) is 45.7 Å². The lowest BCUT2D eigenvalue weighted by atomic mass is 9.89. The predicted molar refractivity (Wildman–Crippen MR) is 59.1 cm³/mol. The van der Waals surface area contributed by atoms with Crippen molar-refractivity contribution >= 4 is 8.48 Å². The van der Waals surface area contributed by atoms with Crippen molar-refractivity contribution in [1.82, 2.24) is 4.98 Å². The number of rotatable bonds is 3. The van der Waals surface area contributed by atoms with E-state index in [0.717, 1.165) is 12.1 Å². The first-order valence-corrected chi connectivity index (χ1v) is 7.45. The minimum Gasteiger partial charge on any atom is -0.406 e. The van der Waals surface area contributed by atoms with Gasteiger partial charge in [0.1, 0.15) is 0 Å². The van der Waals surface area contributed by atoms with E-state index in [9.17, 15) is 0 Å². The maximum atomic E-state index is 5.78. The molecule has 0 bridgehead atoms. The van der Waals surface area contributed by atoms with Gasteiger partial charge in [-0.25, -0.2) is 0 Å². The SMILES string of the molecule is CCN[Si]1(OC)CCC1C(C)(C)C.